The number of aromatic nitrogens is 1. The number of nitrogens with zero attached hydrogens (tertiary/aromatic N) is 3. The average molecular weight is 472 g/mol. The lowest BCUT2D eigenvalue weighted by molar-refractivity contribution is -0.129. The fourth-order valence-electron chi connectivity index (χ4n) is 4.25. The Morgan fingerprint density at radius 1 is 0.943 bits per heavy atom. The SMILES string of the molecule is CC(=O)N1CCN(c2ccc(NC(=O)[C@@H](NCCc3ccc(C)cc3)c3ccccc3)nc2)CC1. The number of pyridine rings is 1. The Morgan fingerprint density at radius 2 is 1.66 bits per heavy atom. The normalized spacial score (nSPS) is 14.5. The van der Waals surface area contributed by atoms with Crippen LogP contribution in [-0.4, -0.2) is 54.4 Å². The maximum Gasteiger partial charge on any atom is 0.247 e. The summed E-state index contributed by atoms with van der Waals surface area (Å²) >= 11 is 0. The van der Waals surface area contributed by atoms with E-state index in [0.29, 0.717) is 25.5 Å². The molecule has 1 fully saturated rings. The fraction of sp³-hybridized carbons (Fsp3) is 0.321. The van der Waals surface area contributed by atoms with Gasteiger partial charge in [-0.1, -0.05) is 60.2 Å². The Hall–Kier alpha value is -3.71. The van der Waals surface area contributed by atoms with Crippen molar-refractivity contribution in [2.45, 2.75) is 26.3 Å². The fourth-order valence-corrected chi connectivity index (χ4v) is 4.25. The van der Waals surface area contributed by atoms with Gasteiger partial charge in [0.15, 0.2) is 0 Å². The highest BCUT2D eigenvalue weighted by Crippen LogP contribution is 2.19. The summed E-state index contributed by atoms with van der Waals surface area (Å²) in [4.78, 5) is 33.3. The van der Waals surface area contributed by atoms with Crippen LogP contribution < -0.4 is 15.5 Å². The van der Waals surface area contributed by atoms with Crippen molar-refractivity contribution in [3.63, 3.8) is 0 Å². The number of aryl methyl sites for hydroxylation is 1. The smallest absolute Gasteiger partial charge is 0.247 e. The summed E-state index contributed by atoms with van der Waals surface area (Å²) < 4.78 is 0. The van der Waals surface area contributed by atoms with Crippen LogP contribution in [0.1, 0.15) is 29.7 Å². The number of hydrogen-bond acceptors (Lipinski definition) is 5. The third-order valence-electron chi connectivity index (χ3n) is 6.37. The Labute approximate surface area is 207 Å². The van der Waals surface area contributed by atoms with Gasteiger partial charge in [0.25, 0.3) is 0 Å². The molecule has 35 heavy (non-hydrogen) atoms. The molecular formula is C28H33N5O2. The van der Waals surface area contributed by atoms with Gasteiger partial charge in [-0.2, -0.15) is 0 Å². The minimum absolute atomic E-state index is 0.112. The van der Waals surface area contributed by atoms with Crippen LogP contribution in [0.25, 0.3) is 0 Å². The van der Waals surface area contributed by atoms with Crippen molar-refractivity contribution in [1.29, 1.82) is 0 Å². The zero-order valence-electron chi connectivity index (χ0n) is 20.4. The van der Waals surface area contributed by atoms with Crippen molar-refractivity contribution in [2.75, 3.05) is 42.9 Å². The zero-order chi connectivity index (χ0) is 24.6. The zero-order valence-corrected chi connectivity index (χ0v) is 20.4. The van der Waals surface area contributed by atoms with Crippen LogP contribution in [0.15, 0.2) is 72.9 Å². The molecule has 0 bridgehead atoms. The topological polar surface area (TPSA) is 77.6 Å². The molecule has 0 spiro atoms. The molecule has 7 heteroatoms. The number of piperazine rings is 1. The maximum absolute atomic E-state index is 13.2. The Morgan fingerprint density at radius 3 is 2.29 bits per heavy atom. The van der Waals surface area contributed by atoms with Gasteiger partial charge in [0.2, 0.25) is 11.8 Å². The highest BCUT2D eigenvalue weighted by molar-refractivity contribution is 5.94. The second-order valence-electron chi connectivity index (χ2n) is 8.92. The Kier molecular flexibility index (Phi) is 8.11. The first-order valence-electron chi connectivity index (χ1n) is 12.1. The van der Waals surface area contributed by atoms with Crippen molar-refractivity contribution in [3.8, 4) is 0 Å². The Balaban J connectivity index is 1.37. The molecule has 1 aliphatic rings. The largest absolute Gasteiger partial charge is 0.367 e. The molecule has 0 saturated carbocycles. The van der Waals surface area contributed by atoms with Crippen LogP contribution in [0, 0.1) is 6.92 Å². The summed E-state index contributed by atoms with van der Waals surface area (Å²) in [5.74, 6) is 0.485. The van der Waals surface area contributed by atoms with E-state index in [1.165, 1.54) is 11.1 Å². The minimum Gasteiger partial charge on any atom is -0.367 e. The van der Waals surface area contributed by atoms with Gasteiger partial charge in [-0.3, -0.25) is 9.59 Å². The molecule has 0 unspecified atom stereocenters. The van der Waals surface area contributed by atoms with E-state index in [9.17, 15) is 9.59 Å². The lowest BCUT2D eigenvalue weighted by Gasteiger charge is -2.35. The van der Waals surface area contributed by atoms with E-state index < -0.39 is 6.04 Å². The molecule has 2 N–H and O–H groups in total. The number of carbonyl (C=O) groups is 2. The van der Waals surface area contributed by atoms with Crippen LogP contribution in [0.5, 0.6) is 0 Å². The van der Waals surface area contributed by atoms with Crippen LogP contribution in [0.4, 0.5) is 11.5 Å². The molecular weight excluding hydrogens is 438 g/mol. The molecule has 1 atom stereocenters. The van der Waals surface area contributed by atoms with Gasteiger partial charge >= 0.3 is 0 Å². The second kappa shape index (κ2) is 11.6. The quantitative estimate of drug-likeness (QED) is 0.525. The molecule has 1 aromatic heterocycles. The number of benzene rings is 2. The first-order chi connectivity index (χ1) is 17.0. The molecule has 2 aromatic carbocycles. The summed E-state index contributed by atoms with van der Waals surface area (Å²) in [7, 11) is 0. The molecule has 1 aliphatic heterocycles. The molecule has 0 aliphatic carbocycles. The second-order valence-corrected chi connectivity index (χ2v) is 8.92. The minimum atomic E-state index is -0.484. The number of hydrogen-bond donors (Lipinski definition) is 2. The summed E-state index contributed by atoms with van der Waals surface area (Å²) in [6.07, 6.45) is 2.61. The van der Waals surface area contributed by atoms with Crippen LogP contribution in [-0.2, 0) is 16.0 Å². The number of rotatable bonds is 8. The van der Waals surface area contributed by atoms with Crippen molar-refractivity contribution in [3.05, 3.63) is 89.6 Å². The van der Waals surface area contributed by atoms with Gasteiger partial charge in [0.05, 0.1) is 11.9 Å². The molecule has 1 saturated heterocycles. The summed E-state index contributed by atoms with van der Waals surface area (Å²) in [5.41, 5.74) is 4.37. The first-order valence-corrected chi connectivity index (χ1v) is 12.1. The molecule has 2 amide bonds. The molecule has 182 valence electrons. The number of nitrogens with one attached hydrogen (secondary N) is 2. The predicted octanol–water partition coefficient (Wildman–Crippen LogP) is 3.57. The molecule has 2 heterocycles. The van der Waals surface area contributed by atoms with E-state index in [4.69, 9.17) is 0 Å². The van der Waals surface area contributed by atoms with Gasteiger partial charge in [-0.15, -0.1) is 0 Å². The van der Waals surface area contributed by atoms with Crippen LogP contribution in [0.2, 0.25) is 0 Å². The highest BCUT2D eigenvalue weighted by Gasteiger charge is 2.21. The molecule has 4 rings (SSSR count). The van der Waals surface area contributed by atoms with Crippen molar-refractivity contribution in [1.82, 2.24) is 15.2 Å². The monoisotopic (exact) mass is 471 g/mol. The van der Waals surface area contributed by atoms with Crippen LogP contribution in [0.3, 0.4) is 0 Å². The van der Waals surface area contributed by atoms with Gasteiger partial charge in [-0.25, -0.2) is 4.98 Å². The van der Waals surface area contributed by atoms with E-state index in [1.807, 2.05) is 47.4 Å². The van der Waals surface area contributed by atoms with E-state index in [1.54, 1.807) is 13.1 Å². The summed E-state index contributed by atoms with van der Waals surface area (Å²) in [6.45, 7) is 7.32. The Bertz CT molecular complexity index is 1110. The highest BCUT2D eigenvalue weighted by atomic mass is 16.2. The van der Waals surface area contributed by atoms with Crippen LogP contribution >= 0.6 is 0 Å². The molecule has 0 radical (unpaired) electrons. The predicted molar refractivity (Wildman–Crippen MR) is 139 cm³/mol. The number of anilines is 2. The third kappa shape index (κ3) is 6.67. The number of carbonyl (C=O) groups excluding carboxylic acids is 2. The molecule has 3 aromatic rings. The lowest BCUT2D eigenvalue weighted by Crippen LogP contribution is -2.48. The maximum atomic E-state index is 13.2. The van der Waals surface area contributed by atoms with Gasteiger partial charge < -0.3 is 20.4 Å². The third-order valence-corrected chi connectivity index (χ3v) is 6.37. The van der Waals surface area contributed by atoms with E-state index in [-0.39, 0.29) is 11.8 Å². The lowest BCUT2D eigenvalue weighted by atomic mass is 10.1. The molecule has 7 nitrogen and oxygen atoms in total. The van der Waals surface area contributed by atoms with E-state index in [2.05, 4.69) is 51.7 Å². The van der Waals surface area contributed by atoms with Gasteiger partial charge in [0.1, 0.15) is 11.9 Å². The van der Waals surface area contributed by atoms with Gasteiger partial charge in [0, 0.05) is 39.6 Å². The number of amides is 2. The van der Waals surface area contributed by atoms with E-state index >= 15 is 0 Å². The average Bonchev–Trinajstić information content (AvgIpc) is 2.88. The van der Waals surface area contributed by atoms with E-state index in [0.717, 1.165) is 30.8 Å². The summed E-state index contributed by atoms with van der Waals surface area (Å²) in [5, 5.41) is 6.38. The first kappa shape index (κ1) is 24.4. The standard InChI is InChI=1S/C28H33N5O2/c1-21-8-10-23(11-9-21)14-15-29-27(24-6-4-3-5-7-24)28(35)31-26-13-12-25(20-30-26)33-18-16-32(17-19-33)22(2)34/h3-13,20,27,29H,14-19H2,1-2H3,(H,30,31,35)/t27-/m0/s1. The van der Waals surface area contributed by atoms with Gasteiger partial charge in [-0.05, 0) is 36.6 Å². The van der Waals surface area contributed by atoms with Crippen molar-refractivity contribution >= 4 is 23.3 Å². The summed E-state index contributed by atoms with van der Waals surface area (Å²) in [6, 6.07) is 21.5. The van der Waals surface area contributed by atoms with Crippen molar-refractivity contribution in [2.24, 2.45) is 0 Å². The van der Waals surface area contributed by atoms with Crippen molar-refractivity contribution < 1.29 is 9.59 Å².